The molecule has 2 aliphatic carbocycles. The summed E-state index contributed by atoms with van der Waals surface area (Å²) in [6.07, 6.45) is 11.6. The molecule has 2 aromatic rings. The highest BCUT2D eigenvalue weighted by Crippen LogP contribution is 2.52. The van der Waals surface area contributed by atoms with Crippen molar-refractivity contribution in [2.24, 2.45) is 5.41 Å². The minimum Gasteiger partial charge on any atom is -0.382 e. The predicted molar refractivity (Wildman–Crippen MR) is 98.1 cm³/mol. The molecule has 1 amide bonds. The number of hydrogen-bond acceptors (Lipinski definition) is 3. The van der Waals surface area contributed by atoms with Gasteiger partial charge in [0.05, 0.1) is 18.2 Å². The van der Waals surface area contributed by atoms with Gasteiger partial charge in [0, 0.05) is 19.0 Å². The predicted octanol–water partition coefficient (Wildman–Crippen LogP) is 2.40. The number of carbonyl (C=O) groups excluding carboxylic acids is 1. The Bertz CT molecular complexity index is 898. The Morgan fingerprint density at radius 1 is 1.31 bits per heavy atom. The van der Waals surface area contributed by atoms with Crippen LogP contribution in [0.1, 0.15) is 42.5 Å². The Balaban J connectivity index is 1.62. The number of aliphatic hydroxyl groups is 1. The number of benzene rings is 1. The molecule has 2 N–H and O–H groups in total. The molecule has 1 fully saturated rings. The Hall–Kier alpha value is -2.40. The zero-order chi connectivity index (χ0) is 17.8. The third-order valence-corrected chi connectivity index (χ3v) is 6.51. The minimum absolute atomic E-state index is 0.0647. The van der Waals surface area contributed by atoms with Gasteiger partial charge in [-0.3, -0.25) is 4.79 Å². The molecule has 1 saturated carbocycles. The van der Waals surface area contributed by atoms with Crippen LogP contribution >= 0.6 is 0 Å². The number of imidazole rings is 1. The minimum atomic E-state index is -1.25. The highest BCUT2D eigenvalue weighted by atomic mass is 16.3. The van der Waals surface area contributed by atoms with Crippen LogP contribution in [0.25, 0.3) is 6.08 Å². The van der Waals surface area contributed by atoms with Gasteiger partial charge in [-0.05, 0) is 36.8 Å². The zero-order valence-corrected chi connectivity index (χ0v) is 14.7. The van der Waals surface area contributed by atoms with Crippen molar-refractivity contribution in [2.75, 3.05) is 0 Å². The molecule has 0 spiro atoms. The number of carbonyl (C=O) groups is 1. The van der Waals surface area contributed by atoms with Crippen molar-refractivity contribution < 1.29 is 9.90 Å². The van der Waals surface area contributed by atoms with E-state index in [9.17, 15) is 9.90 Å². The standard InChI is InChI=1S/C21H23N3O2/c25-19(23-17-6-3-7-17)20(9-8-15-4-1-2-5-16(15)12-20)21(26)10-11-24-14-22-13-18(21)24/h1-2,4-5,8-9,13-14,17,26H,3,6-7,10-12H2,(H,23,25). The molecule has 5 rings (SSSR count). The van der Waals surface area contributed by atoms with Crippen LogP contribution in [0.4, 0.5) is 0 Å². The molecule has 1 aliphatic heterocycles. The highest BCUT2D eigenvalue weighted by Gasteiger charge is 2.59. The summed E-state index contributed by atoms with van der Waals surface area (Å²) >= 11 is 0. The van der Waals surface area contributed by atoms with Crippen LogP contribution in [0.15, 0.2) is 42.9 Å². The summed E-state index contributed by atoms with van der Waals surface area (Å²) < 4.78 is 1.97. The Morgan fingerprint density at radius 2 is 2.15 bits per heavy atom. The van der Waals surface area contributed by atoms with Gasteiger partial charge in [0.15, 0.2) is 0 Å². The first-order valence-electron chi connectivity index (χ1n) is 9.43. The van der Waals surface area contributed by atoms with Crippen LogP contribution in [-0.2, 0) is 23.4 Å². The average molecular weight is 349 g/mol. The third-order valence-electron chi connectivity index (χ3n) is 6.51. The van der Waals surface area contributed by atoms with Crippen molar-refractivity contribution in [3.8, 4) is 0 Å². The molecule has 0 radical (unpaired) electrons. The molecule has 5 heteroatoms. The average Bonchev–Trinajstić information content (AvgIpc) is 3.22. The lowest BCUT2D eigenvalue weighted by Gasteiger charge is -2.45. The van der Waals surface area contributed by atoms with E-state index in [0.29, 0.717) is 19.4 Å². The number of nitrogens with one attached hydrogen (secondary N) is 1. The maximum atomic E-state index is 13.5. The van der Waals surface area contributed by atoms with Gasteiger partial charge in [0.2, 0.25) is 5.91 Å². The Kier molecular flexibility index (Phi) is 3.38. The quantitative estimate of drug-likeness (QED) is 0.894. The number of aryl methyl sites for hydroxylation is 1. The van der Waals surface area contributed by atoms with Crippen LogP contribution in [0, 0.1) is 5.41 Å². The van der Waals surface area contributed by atoms with Crippen molar-refractivity contribution in [3.05, 3.63) is 59.7 Å². The fourth-order valence-corrected chi connectivity index (χ4v) is 4.65. The van der Waals surface area contributed by atoms with Gasteiger partial charge in [0.25, 0.3) is 0 Å². The van der Waals surface area contributed by atoms with E-state index in [1.165, 1.54) is 0 Å². The van der Waals surface area contributed by atoms with E-state index in [-0.39, 0.29) is 11.9 Å². The maximum Gasteiger partial charge on any atom is 0.233 e. The number of aromatic nitrogens is 2. The second kappa shape index (κ2) is 5.55. The molecule has 3 aliphatic rings. The lowest BCUT2D eigenvalue weighted by Crippen LogP contribution is -2.57. The molecule has 1 aromatic carbocycles. The first kappa shape index (κ1) is 15.8. The smallest absolute Gasteiger partial charge is 0.233 e. The van der Waals surface area contributed by atoms with Gasteiger partial charge in [-0.25, -0.2) is 4.98 Å². The third kappa shape index (κ3) is 2.07. The van der Waals surface area contributed by atoms with Gasteiger partial charge in [-0.1, -0.05) is 36.4 Å². The molecule has 2 unspecified atom stereocenters. The summed E-state index contributed by atoms with van der Waals surface area (Å²) in [5.41, 5.74) is 0.706. The SMILES string of the molecule is O=C(NC1CCC1)C1(C2(O)CCn3cncc32)C=Cc2ccccc2C1. The van der Waals surface area contributed by atoms with Gasteiger partial charge in [-0.2, -0.15) is 0 Å². The number of hydrogen-bond donors (Lipinski definition) is 2. The second-order valence-corrected chi connectivity index (χ2v) is 7.86. The Morgan fingerprint density at radius 3 is 2.96 bits per heavy atom. The summed E-state index contributed by atoms with van der Waals surface area (Å²) in [6.45, 7) is 0.680. The number of fused-ring (bicyclic) bond motifs is 2. The molecular weight excluding hydrogens is 326 g/mol. The van der Waals surface area contributed by atoms with E-state index in [1.807, 2.05) is 28.9 Å². The van der Waals surface area contributed by atoms with Crippen molar-refractivity contribution in [3.63, 3.8) is 0 Å². The monoisotopic (exact) mass is 349 g/mol. The lowest BCUT2D eigenvalue weighted by atomic mass is 9.62. The van der Waals surface area contributed by atoms with Crippen LogP contribution in [0.2, 0.25) is 0 Å². The van der Waals surface area contributed by atoms with E-state index in [0.717, 1.165) is 36.1 Å². The maximum absolute atomic E-state index is 13.5. The van der Waals surface area contributed by atoms with Crippen LogP contribution < -0.4 is 5.32 Å². The van der Waals surface area contributed by atoms with Crippen LogP contribution in [0.3, 0.4) is 0 Å². The fraction of sp³-hybridized carbons (Fsp3) is 0.429. The molecule has 2 atom stereocenters. The van der Waals surface area contributed by atoms with Crippen molar-refractivity contribution in [1.29, 1.82) is 0 Å². The van der Waals surface area contributed by atoms with Gasteiger partial charge in [-0.15, -0.1) is 0 Å². The topological polar surface area (TPSA) is 67.2 Å². The summed E-state index contributed by atoms with van der Waals surface area (Å²) in [5, 5.41) is 15.0. The molecule has 5 nitrogen and oxygen atoms in total. The molecule has 1 aromatic heterocycles. The number of amides is 1. The van der Waals surface area contributed by atoms with Gasteiger partial charge < -0.3 is 15.0 Å². The van der Waals surface area contributed by atoms with Crippen molar-refractivity contribution in [2.45, 2.75) is 50.3 Å². The molecule has 0 saturated heterocycles. The first-order chi connectivity index (χ1) is 12.6. The molecular formula is C21H23N3O2. The highest BCUT2D eigenvalue weighted by molar-refractivity contribution is 5.89. The number of rotatable bonds is 3. The van der Waals surface area contributed by atoms with Crippen molar-refractivity contribution >= 4 is 12.0 Å². The first-order valence-corrected chi connectivity index (χ1v) is 9.43. The summed E-state index contributed by atoms with van der Waals surface area (Å²) in [7, 11) is 0. The zero-order valence-electron chi connectivity index (χ0n) is 14.7. The van der Waals surface area contributed by atoms with Crippen LogP contribution in [-0.4, -0.2) is 26.6 Å². The molecule has 2 heterocycles. The van der Waals surface area contributed by atoms with Gasteiger partial charge >= 0.3 is 0 Å². The fourth-order valence-electron chi connectivity index (χ4n) is 4.65. The lowest BCUT2D eigenvalue weighted by molar-refractivity contribution is -0.147. The normalized spacial score (nSPS) is 29.7. The van der Waals surface area contributed by atoms with E-state index in [1.54, 1.807) is 12.5 Å². The van der Waals surface area contributed by atoms with Crippen molar-refractivity contribution in [1.82, 2.24) is 14.9 Å². The van der Waals surface area contributed by atoms with Crippen LogP contribution in [0.5, 0.6) is 0 Å². The summed E-state index contributed by atoms with van der Waals surface area (Å²) in [6, 6.07) is 8.35. The summed E-state index contributed by atoms with van der Waals surface area (Å²) in [5.74, 6) is -0.0647. The van der Waals surface area contributed by atoms with Gasteiger partial charge in [0.1, 0.15) is 11.0 Å². The van der Waals surface area contributed by atoms with E-state index in [2.05, 4.69) is 22.4 Å². The van der Waals surface area contributed by atoms with E-state index >= 15 is 0 Å². The molecule has 134 valence electrons. The molecule has 26 heavy (non-hydrogen) atoms. The number of nitrogens with zero attached hydrogens (tertiary/aromatic N) is 2. The largest absolute Gasteiger partial charge is 0.382 e. The summed E-state index contributed by atoms with van der Waals surface area (Å²) in [4.78, 5) is 17.7. The van der Waals surface area contributed by atoms with E-state index in [4.69, 9.17) is 0 Å². The molecule has 0 bridgehead atoms. The Labute approximate surface area is 152 Å². The van der Waals surface area contributed by atoms with E-state index < -0.39 is 11.0 Å². The second-order valence-electron chi connectivity index (χ2n) is 7.86.